The average Bonchev–Trinajstić information content (AvgIpc) is 2.61. The Kier molecular flexibility index (Phi) is 4.16. The summed E-state index contributed by atoms with van der Waals surface area (Å²) in [5.41, 5.74) is 1.94. The van der Waals surface area contributed by atoms with Crippen LogP contribution in [0, 0.1) is 6.92 Å². The van der Waals surface area contributed by atoms with E-state index < -0.39 is 0 Å². The fourth-order valence-corrected chi connectivity index (χ4v) is 2.63. The minimum Gasteiger partial charge on any atom is -0.493 e. The lowest BCUT2D eigenvalue weighted by molar-refractivity contribution is 0.351. The first kappa shape index (κ1) is 15.9. The lowest BCUT2D eigenvalue weighted by Gasteiger charge is -2.13. The van der Waals surface area contributed by atoms with Crippen LogP contribution in [0.2, 0.25) is 0 Å². The molecule has 3 rings (SSSR count). The van der Waals surface area contributed by atoms with Crippen LogP contribution in [0.15, 0.2) is 45.6 Å². The van der Waals surface area contributed by atoms with Crippen LogP contribution in [0.1, 0.15) is 5.56 Å². The Bertz CT molecular complexity index is 939. The van der Waals surface area contributed by atoms with Gasteiger partial charge in [0.1, 0.15) is 0 Å². The summed E-state index contributed by atoms with van der Waals surface area (Å²) in [5.74, 6) is 1.40. The average molecular weight is 326 g/mol. The van der Waals surface area contributed by atoms with Gasteiger partial charge in [0.05, 0.1) is 26.7 Å². The zero-order valence-corrected chi connectivity index (χ0v) is 14.0. The van der Waals surface area contributed by atoms with E-state index in [-0.39, 0.29) is 11.2 Å². The number of aryl methyl sites for hydroxylation is 1. The smallest absolute Gasteiger partial charge is 0.235 e. The first-order valence-corrected chi connectivity index (χ1v) is 7.43. The van der Waals surface area contributed by atoms with Gasteiger partial charge in [0.25, 0.3) is 0 Å². The highest BCUT2D eigenvalue weighted by atomic mass is 16.5. The second-order valence-corrected chi connectivity index (χ2v) is 5.34. The molecule has 1 heterocycles. The Balaban J connectivity index is 2.40. The Hall–Kier alpha value is -2.95. The van der Waals surface area contributed by atoms with Gasteiger partial charge in [0.2, 0.25) is 16.9 Å². The van der Waals surface area contributed by atoms with Crippen LogP contribution in [-0.4, -0.2) is 21.3 Å². The van der Waals surface area contributed by atoms with Crippen LogP contribution < -0.4 is 19.6 Å². The zero-order chi connectivity index (χ0) is 17.3. The lowest BCUT2D eigenvalue weighted by Crippen LogP contribution is -2.08. The summed E-state index contributed by atoms with van der Waals surface area (Å²) in [6.45, 7) is 1.99. The summed E-state index contributed by atoms with van der Waals surface area (Å²) in [5, 5.41) is 0.375. The molecule has 0 N–H and O–H groups in total. The largest absolute Gasteiger partial charge is 0.493 e. The maximum absolute atomic E-state index is 12.8. The van der Waals surface area contributed by atoms with Crippen molar-refractivity contribution in [1.29, 1.82) is 0 Å². The SMILES string of the molecule is COc1ccc2c(=O)c(OC)c(-c3ccc(C)cc3)oc2c1OC. The van der Waals surface area contributed by atoms with Gasteiger partial charge < -0.3 is 18.6 Å². The molecule has 0 bridgehead atoms. The molecule has 124 valence electrons. The molecule has 1 aromatic heterocycles. The van der Waals surface area contributed by atoms with E-state index >= 15 is 0 Å². The van der Waals surface area contributed by atoms with E-state index in [9.17, 15) is 4.79 Å². The zero-order valence-electron chi connectivity index (χ0n) is 14.0. The van der Waals surface area contributed by atoms with E-state index in [1.807, 2.05) is 31.2 Å². The summed E-state index contributed by atoms with van der Waals surface area (Å²) in [7, 11) is 4.50. The number of hydrogen-bond donors (Lipinski definition) is 0. The van der Waals surface area contributed by atoms with Gasteiger partial charge in [0, 0.05) is 5.56 Å². The van der Waals surface area contributed by atoms with Crippen LogP contribution >= 0.6 is 0 Å². The van der Waals surface area contributed by atoms with Gasteiger partial charge in [-0.05, 0) is 19.1 Å². The van der Waals surface area contributed by atoms with E-state index in [4.69, 9.17) is 18.6 Å². The van der Waals surface area contributed by atoms with E-state index in [2.05, 4.69) is 0 Å². The third-order valence-corrected chi connectivity index (χ3v) is 3.88. The Morgan fingerprint density at radius 3 is 2.08 bits per heavy atom. The highest BCUT2D eigenvalue weighted by Gasteiger charge is 2.21. The molecule has 24 heavy (non-hydrogen) atoms. The summed E-state index contributed by atoms with van der Waals surface area (Å²) in [4.78, 5) is 12.8. The minimum atomic E-state index is -0.254. The fourth-order valence-electron chi connectivity index (χ4n) is 2.63. The molecule has 0 fully saturated rings. The van der Waals surface area contributed by atoms with Gasteiger partial charge in [-0.25, -0.2) is 0 Å². The predicted molar refractivity (Wildman–Crippen MR) is 92.3 cm³/mol. The van der Waals surface area contributed by atoms with Gasteiger partial charge in [-0.2, -0.15) is 0 Å². The van der Waals surface area contributed by atoms with Gasteiger partial charge in [-0.15, -0.1) is 0 Å². The fraction of sp³-hybridized carbons (Fsp3) is 0.211. The first-order chi connectivity index (χ1) is 11.6. The van der Waals surface area contributed by atoms with E-state index in [0.29, 0.717) is 28.2 Å². The standard InChI is InChI=1S/C19H18O5/c1-11-5-7-12(8-6-11)16-19(23-4)15(20)13-9-10-14(21-2)18(22-3)17(13)24-16/h5-10H,1-4H3. The summed E-state index contributed by atoms with van der Waals surface area (Å²) < 4.78 is 22.0. The van der Waals surface area contributed by atoms with E-state index in [0.717, 1.165) is 11.1 Å². The van der Waals surface area contributed by atoms with Gasteiger partial charge in [-0.3, -0.25) is 4.79 Å². The molecule has 5 heteroatoms. The van der Waals surface area contributed by atoms with Crippen LogP contribution in [0.4, 0.5) is 0 Å². The van der Waals surface area contributed by atoms with Crippen molar-refractivity contribution in [1.82, 2.24) is 0 Å². The second kappa shape index (κ2) is 6.28. The summed E-state index contributed by atoms with van der Waals surface area (Å²) in [6, 6.07) is 11.0. The number of methoxy groups -OCH3 is 3. The predicted octanol–water partition coefficient (Wildman–Crippen LogP) is 3.79. The minimum absolute atomic E-state index is 0.165. The molecule has 3 aromatic rings. The number of ether oxygens (including phenoxy) is 3. The number of hydrogen-bond acceptors (Lipinski definition) is 5. The van der Waals surface area contributed by atoms with Crippen LogP contribution in [-0.2, 0) is 0 Å². The highest BCUT2D eigenvalue weighted by molar-refractivity contribution is 5.88. The van der Waals surface area contributed by atoms with Crippen molar-refractivity contribution in [3.05, 3.63) is 52.2 Å². The first-order valence-electron chi connectivity index (χ1n) is 7.43. The summed E-state index contributed by atoms with van der Waals surface area (Å²) >= 11 is 0. The molecule has 0 saturated heterocycles. The van der Waals surface area contributed by atoms with Crippen molar-refractivity contribution < 1.29 is 18.6 Å². The quantitative estimate of drug-likeness (QED) is 0.730. The molecule has 0 saturated carbocycles. The third-order valence-electron chi connectivity index (χ3n) is 3.88. The van der Waals surface area contributed by atoms with Crippen molar-refractivity contribution in [2.45, 2.75) is 6.92 Å². The Morgan fingerprint density at radius 2 is 1.50 bits per heavy atom. The van der Waals surface area contributed by atoms with Crippen LogP contribution in [0.5, 0.6) is 17.2 Å². The normalized spacial score (nSPS) is 10.7. The molecule has 0 spiro atoms. The Morgan fingerprint density at radius 1 is 0.833 bits per heavy atom. The van der Waals surface area contributed by atoms with Crippen molar-refractivity contribution in [2.75, 3.05) is 21.3 Å². The number of fused-ring (bicyclic) bond motifs is 1. The molecule has 0 aliphatic heterocycles. The van der Waals surface area contributed by atoms with Crippen LogP contribution in [0.25, 0.3) is 22.3 Å². The lowest BCUT2D eigenvalue weighted by atomic mass is 10.1. The van der Waals surface area contributed by atoms with Gasteiger partial charge >= 0.3 is 0 Å². The maximum Gasteiger partial charge on any atom is 0.235 e. The van der Waals surface area contributed by atoms with Crippen molar-refractivity contribution >= 4 is 11.0 Å². The second-order valence-electron chi connectivity index (χ2n) is 5.34. The molecule has 0 atom stereocenters. The number of rotatable bonds is 4. The Labute approximate surface area is 139 Å². The van der Waals surface area contributed by atoms with E-state index in [1.165, 1.54) is 21.3 Å². The molecule has 0 aliphatic rings. The molecule has 0 radical (unpaired) electrons. The third kappa shape index (κ3) is 2.48. The van der Waals surface area contributed by atoms with Crippen molar-refractivity contribution in [3.63, 3.8) is 0 Å². The van der Waals surface area contributed by atoms with Crippen molar-refractivity contribution in [3.8, 4) is 28.6 Å². The monoisotopic (exact) mass is 326 g/mol. The maximum atomic E-state index is 12.8. The molecule has 2 aromatic carbocycles. The molecule has 5 nitrogen and oxygen atoms in total. The molecule has 0 amide bonds. The topological polar surface area (TPSA) is 57.9 Å². The molecular weight excluding hydrogens is 308 g/mol. The van der Waals surface area contributed by atoms with Crippen LogP contribution in [0.3, 0.4) is 0 Å². The molecular formula is C19H18O5. The molecule has 0 aliphatic carbocycles. The van der Waals surface area contributed by atoms with Gasteiger partial charge in [-0.1, -0.05) is 29.8 Å². The van der Waals surface area contributed by atoms with E-state index in [1.54, 1.807) is 12.1 Å². The van der Waals surface area contributed by atoms with Crippen molar-refractivity contribution in [2.24, 2.45) is 0 Å². The summed E-state index contributed by atoms with van der Waals surface area (Å²) in [6.07, 6.45) is 0. The van der Waals surface area contributed by atoms with Gasteiger partial charge in [0.15, 0.2) is 17.1 Å². The highest BCUT2D eigenvalue weighted by Crippen LogP contribution is 2.38. The number of benzene rings is 2. The molecule has 0 unspecified atom stereocenters.